The van der Waals surface area contributed by atoms with Gasteiger partial charge in [-0.25, -0.2) is 9.97 Å². The van der Waals surface area contributed by atoms with Gasteiger partial charge in [-0.05, 0) is 0 Å². The quantitative estimate of drug-likeness (QED) is 0.525. The van der Waals surface area contributed by atoms with E-state index in [1.54, 1.807) is 0 Å². The van der Waals surface area contributed by atoms with E-state index in [1.165, 1.54) is 6.33 Å². The van der Waals surface area contributed by atoms with Crippen LogP contribution in [0.5, 0.6) is 0 Å². The summed E-state index contributed by atoms with van der Waals surface area (Å²) in [7, 11) is 0. The number of amides is 1. The summed E-state index contributed by atoms with van der Waals surface area (Å²) < 4.78 is 0. The lowest BCUT2D eigenvalue weighted by Crippen LogP contribution is -2.05. The Morgan fingerprint density at radius 3 is 3.09 bits per heavy atom. The molecule has 3 N–H and O–H groups in total. The first-order valence-corrected chi connectivity index (χ1v) is 3.16. The van der Waals surface area contributed by atoms with E-state index in [1.807, 2.05) is 0 Å². The number of nitrogens with one attached hydrogen (secondary N) is 1. The summed E-state index contributed by atoms with van der Waals surface area (Å²) in [5.74, 6) is 0.257. The molecule has 0 bridgehead atoms. The fourth-order valence-electron chi connectivity index (χ4n) is 1.04. The molecule has 2 heterocycles. The summed E-state index contributed by atoms with van der Waals surface area (Å²) in [4.78, 5) is 18.5. The number of nitrogens with zero attached hydrogens (tertiary/aromatic N) is 2. The molecule has 0 aromatic carbocycles. The molecular formula is C6H6N4O. The predicted octanol–water partition coefficient (Wildman–Crippen LogP) is -0.447. The molecule has 11 heavy (non-hydrogen) atoms. The van der Waals surface area contributed by atoms with E-state index in [0.29, 0.717) is 23.6 Å². The van der Waals surface area contributed by atoms with Crippen molar-refractivity contribution in [3.63, 3.8) is 0 Å². The molecule has 1 aliphatic heterocycles. The first kappa shape index (κ1) is 6.09. The molecule has 0 fully saturated rings. The van der Waals surface area contributed by atoms with Gasteiger partial charge in [-0.15, -0.1) is 0 Å². The molecule has 5 heteroatoms. The van der Waals surface area contributed by atoms with Crippen molar-refractivity contribution in [3.8, 4) is 0 Å². The Kier molecular flexibility index (Phi) is 1.06. The van der Waals surface area contributed by atoms with Crippen molar-refractivity contribution < 1.29 is 4.79 Å². The maximum Gasteiger partial charge on any atom is 0.230 e. The van der Waals surface area contributed by atoms with E-state index in [-0.39, 0.29) is 5.91 Å². The van der Waals surface area contributed by atoms with Crippen LogP contribution in [0.1, 0.15) is 5.69 Å². The highest BCUT2D eigenvalue weighted by Gasteiger charge is 2.21. The van der Waals surface area contributed by atoms with E-state index >= 15 is 0 Å². The Morgan fingerprint density at radius 1 is 1.55 bits per heavy atom. The Bertz CT molecular complexity index is 322. The zero-order valence-electron chi connectivity index (χ0n) is 5.66. The molecule has 1 amide bonds. The molecule has 0 saturated heterocycles. The summed E-state index contributed by atoms with van der Waals surface area (Å²) >= 11 is 0. The van der Waals surface area contributed by atoms with Crippen molar-refractivity contribution in [2.24, 2.45) is 0 Å². The third kappa shape index (κ3) is 0.813. The van der Waals surface area contributed by atoms with Gasteiger partial charge in [0.15, 0.2) is 5.82 Å². The number of rotatable bonds is 0. The number of aromatic nitrogens is 2. The lowest BCUT2D eigenvalue weighted by atomic mass is 10.3. The van der Waals surface area contributed by atoms with Gasteiger partial charge in [-0.3, -0.25) is 4.79 Å². The van der Waals surface area contributed by atoms with Crippen molar-refractivity contribution in [2.45, 2.75) is 6.42 Å². The van der Waals surface area contributed by atoms with Crippen molar-refractivity contribution in [2.75, 3.05) is 11.1 Å². The van der Waals surface area contributed by atoms with E-state index < -0.39 is 0 Å². The molecule has 0 aliphatic carbocycles. The van der Waals surface area contributed by atoms with Gasteiger partial charge >= 0.3 is 0 Å². The molecule has 5 nitrogen and oxygen atoms in total. The normalized spacial score (nSPS) is 14.4. The van der Waals surface area contributed by atoms with Crippen LogP contribution in [0.2, 0.25) is 0 Å². The monoisotopic (exact) mass is 150 g/mol. The van der Waals surface area contributed by atoms with Gasteiger partial charge in [-0.1, -0.05) is 0 Å². The molecule has 1 aliphatic rings. The van der Waals surface area contributed by atoms with Crippen LogP contribution in [0.3, 0.4) is 0 Å². The largest absolute Gasteiger partial charge is 0.382 e. The number of nitrogens with two attached hydrogens (primary N) is 1. The van der Waals surface area contributed by atoms with Crippen molar-refractivity contribution in [3.05, 3.63) is 12.0 Å². The minimum Gasteiger partial charge on any atom is -0.382 e. The van der Waals surface area contributed by atoms with Crippen LogP contribution in [0, 0.1) is 0 Å². The summed E-state index contributed by atoms with van der Waals surface area (Å²) in [5.41, 5.74) is 6.72. The average molecular weight is 150 g/mol. The number of hydrogen-bond acceptors (Lipinski definition) is 4. The number of nitrogen functional groups attached to an aromatic ring is 1. The van der Waals surface area contributed by atoms with Crippen LogP contribution in [-0.4, -0.2) is 15.9 Å². The second kappa shape index (κ2) is 1.91. The molecule has 1 aromatic rings. The highest BCUT2D eigenvalue weighted by Crippen LogP contribution is 2.24. The molecule has 1 aromatic heterocycles. The van der Waals surface area contributed by atoms with Crippen LogP contribution < -0.4 is 11.1 Å². The molecular weight excluding hydrogens is 144 g/mol. The molecule has 56 valence electrons. The predicted molar refractivity (Wildman–Crippen MR) is 38.8 cm³/mol. The SMILES string of the molecule is Nc1ncnc2c1NC(=O)C2. The Hall–Kier alpha value is -1.65. The second-order valence-electron chi connectivity index (χ2n) is 2.31. The standard InChI is InChI=1S/C6H6N4O/c7-6-5-3(8-2-9-6)1-4(11)10-5/h2H,1H2,(H,10,11)(H2,7,8,9). The molecule has 0 saturated carbocycles. The molecule has 0 spiro atoms. The zero-order valence-corrected chi connectivity index (χ0v) is 5.66. The number of carbonyl (C=O) groups is 1. The van der Waals surface area contributed by atoms with Gasteiger partial charge in [0.25, 0.3) is 0 Å². The second-order valence-corrected chi connectivity index (χ2v) is 2.31. The van der Waals surface area contributed by atoms with Gasteiger partial charge < -0.3 is 11.1 Å². The maximum absolute atomic E-state index is 10.8. The average Bonchev–Trinajstić information content (AvgIpc) is 2.31. The van der Waals surface area contributed by atoms with E-state index in [4.69, 9.17) is 5.73 Å². The fourth-order valence-corrected chi connectivity index (χ4v) is 1.04. The summed E-state index contributed by atoms with van der Waals surface area (Å²) in [6.07, 6.45) is 1.66. The van der Waals surface area contributed by atoms with E-state index in [0.717, 1.165) is 0 Å². The van der Waals surface area contributed by atoms with Crippen molar-refractivity contribution >= 4 is 17.4 Å². The van der Waals surface area contributed by atoms with Crippen LogP contribution in [-0.2, 0) is 11.2 Å². The topological polar surface area (TPSA) is 80.9 Å². The van der Waals surface area contributed by atoms with Crippen molar-refractivity contribution in [1.82, 2.24) is 9.97 Å². The van der Waals surface area contributed by atoms with E-state index in [9.17, 15) is 4.79 Å². The fraction of sp³-hybridized carbons (Fsp3) is 0.167. The maximum atomic E-state index is 10.8. The van der Waals surface area contributed by atoms with Gasteiger partial charge in [0.05, 0.1) is 12.1 Å². The van der Waals surface area contributed by atoms with Crippen LogP contribution >= 0.6 is 0 Å². The lowest BCUT2D eigenvalue weighted by Gasteiger charge is -1.98. The summed E-state index contributed by atoms with van der Waals surface area (Å²) in [6, 6.07) is 0. The van der Waals surface area contributed by atoms with Crippen molar-refractivity contribution in [1.29, 1.82) is 0 Å². The van der Waals surface area contributed by atoms with Gasteiger partial charge in [0, 0.05) is 0 Å². The number of hydrogen-bond donors (Lipinski definition) is 2. The van der Waals surface area contributed by atoms with Crippen LogP contribution in [0.4, 0.5) is 11.5 Å². The van der Waals surface area contributed by atoms with E-state index in [2.05, 4.69) is 15.3 Å². The Balaban J connectivity index is 2.57. The van der Waals surface area contributed by atoms with Crippen LogP contribution in [0.15, 0.2) is 6.33 Å². The number of anilines is 2. The molecule has 2 rings (SSSR count). The Morgan fingerprint density at radius 2 is 2.36 bits per heavy atom. The lowest BCUT2D eigenvalue weighted by molar-refractivity contribution is -0.115. The third-order valence-electron chi connectivity index (χ3n) is 1.55. The first-order valence-electron chi connectivity index (χ1n) is 3.16. The number of carbonyl (C=O) groups excluding carboxylic acids is 1. The summed E-state index contributed by atoms with van der Waals surface area (Å²) in [5, 5.41) is 2.58. The smallest absolute Gasteiger partial charge is 0.230 e. The zero-order chi connectivity index (χ0) is 7.84. The molecule has 0 radical (unpaired) electrons. The van der Waals surface area contributed by atoms with Gasteiger partial charge in [-0.2, -0.15) is 0 Å². The number of fused-ring (bicyclic) bond motifs is 1. The molecule has 0 atom stereocenters. The highest BCUT2D eigenvalue weighted by molar-refractivity contribution is 6.00. The highest BCUT2D eigenvalue weighted by atomic mass is 16.1. The minimum atomic E-state index is -0.0767. The third-order valence-corrected chi connectivity index (χ3v) is 1.55. The Labute approximate surface area is 62.6 Å². The van der Waals surface area contributed by atoms with Gasteiger partial charge in [0.2, 0.25) is 5.91 Å². The molecule has 0 unspecified atom stereocenters. The summed E-state index contributed by atoms with van der Waals surface area (Å²) in [6.45, 7) is 0. The first-order chi connectivity index (χ1) is 5.27. The minimum absolute atomic E-state index is 0.0767. The van der Waals surface area contributed by atoms with Crippen LogP contribution in [0.25, 0.3) is 0 Å². The van der Waals surface area contributed by atoms with Gasteiger partial charge in [0.1, 0.15) is 12.0 Å².